The number of esters is 1. The highest BCUT2D eigenvalue weighted by Crippen LogP contribution is 2.29. The van der Waals surface area contributed by atoms with Crippen molar-refractivity contribution in [3.8, 4) is 0 Å². The molecule has 1 fully saturated rings. The van der Waals surface area contributed by atoms with E-state index < -0.39 is 17.3 Å². The second-order valence-electron chi connectivity index (χ2n) is 9.34. The zero-order valence-electron chi connectivity index (χ0n) is 17.5. The molecule has 6 nitrogen and oxygen atoms in total. The van der Waals surface area contributed by atoms with Crippen LogP contribution in [0.1, 0.15) is 60.8 Å². The fraction of sp³-hybridized carbons (Fsp3) is 0.950. The molecule has 0 radical (unpaired) electrons. The Labute approximate surface area is 158 Å². The SMILES string of the molecule is CC1C[C@H](C)CC(C)(O)C[C@@H](C)CN(C)[C@H](C)[C@@H](O)C(C)(O)COC1=O. The van der Waals surface area contributed by atoms with E-state index in [9.17, 15) is 20.1 Å². The maximum Gasteiger partial charge on any atom is 0.308 e. The van der Waals surface area contributed by atoms with Crippen LogP contribution >= 0.6 is 0 Å². The van der Waals surface area contributed by atoms with E-state index >= 15 is 0 Å². The number of hydrogen-bond donors (Lipinski definition) is 3. The summed E-state index contributed by atoms with van der Waals surface area (Å²) in [6.07, 6.45) is 0.811. The fourth-order valence-corrected chi connectivity index (χ4v) is 4.30. The van der Waals surface area contributed by atoms with Crippen LogP contribution in [0.25, 0.3) is 0 Å². The van der Waals surface area contributed by atoms with Gasteiger partial charge in [0.2, 0.25) is 0 Å². The molecule has 1 aliphatic rings. The zero-order valence-corrected chi connectivity index (χ0v) is 17.5. The number of rotatable bonds is 0. The van der Waals surface area contributed by atoms with Gasteiger partial charge in [-0.2, -0.15) is 0 Å². The topological polar surface area (TPSA) is 90.2 Å². The van der Waals surface area contributed by atoms with E-state index in [1.165, 1.54) is 6.92 Å². The summed E-state index contributed by atoms with van der Waals surface area (Å²) in [5.41, 5.74) is -2.33. The smallest absolute Gasteiger partial charge is 0.308 e. The zero-order chi connectivity index (χ0) is 20.3. The third kappa shape index (κ3) is 6.80. The Kier molecular flexibility index (Phi) is 8.08. The van der Waals surface area contributed by atoms with E-state index in [1.807, 2.05) is 32.7 Å². The lowest BCUT2D eigenvalue weighted by Crippen LogP contribution is -2.55. The summed E-state index contributed by atoms with van der Waals surface area (Å²) in [6.45, 7) is 11.6. The maximum atomic E-state index is 12.3. The highest BCUT2D eigenvalue weighted by atomic mass is 16.5. The van der Waals surface area contributed by atoms with Gasteiger partial charge < -0.3 is 25.0 Å². The quantitative estimate of drug-likeness (QED) is 0.561. The Hall–Kier alpha value is -0.690. The largest absolute Gasteiger partial charge is 0.462 e. The van der Waals surface area contributed by atoms with Crippen molar-refractivity contribution < 1.29 is 24.9 Å². The number of aliphatic hydroxyl groups is 3. The van der Waals surface area contributed by atoms with E-state index in [-0.39, 0.29) is 36.4 Å². The summed E-state index contributed by atoms with van der Waals surface area (Å²) in [4.78, 5) is 14.2. The van der Waals surface area contributed by atoms with Crippen LogP contribution < -0.4 is 0 Å². The lowest BCUT2D eigenvalue weighted by Gasteiger charge is -2.38. The van der Waals surface area contributed by atoms with Crippen LogP contribution in [0, 0.1) is 17.8 Å². The molecule has 3 N–H and O–H groups in total. The molecular weight excluding hydrogens is 334 g/mol. The molecule has 154 valence electrons. The average Bonchev–Trinajstić information content (AvgIpc) is 2.48. The molecule has 1 aliphatic heterocycles. The van der Waals surface area contributed by atoms with Crippen LogP contribution in [0.15, 0.2) is 0 Å². The molecular formula is C20H39NO5. The number of carbonyl (C=O) groups is 1. The highest BCUT2D eigenvalue weighted by Gasteiger charge is 2.38. The molecule has 7 atom stereocenters. The predicted molar refractivity (Wildman–Crippen MR) is 102 cm³/mol. The van der Waals surface area contributed by atoms with Crippen LogP contribution in [0.3, 0.4) is 0 Å². The number of nitrogens with zero attached hydrogens (tertiary/aromatic N) is 1. The molecule has 1 rings (SSSR count). The minimum absolute atomic E-state index is 0.174. The number of hydrogen-bond acceptors (Lipinski definition) is 6. The molecule has 0 spiro atoms. The van der Waals surface area contributed by atoms with Gasteiger partial charge in [-0.15, -0.1) is 0 Å². The van der Waals surface area contributed by atoms with Crippen LogP contribution in [0.4, 0.5) is 0 Å². The lowest BCUT2D eigenvalue weighted by molar-refractivity contribution is -0.166. The van der Waals surface area contributed by atoms with Gasteiger partial charge in [0.15, 0.2) is 0 Å². The number of cyclic esters (lactones) is 1. The predicted octanol–water partition coefficient (Wildman–Crippen LogP) is 1.80. The minimum atomic E-state index is -1.52. The number of aliphatic hydroxyl groups excluding tert-OH is 1. The van der Waals surface area contributed by atoms with Crippen molar-refractivity contribution in [1.29, 1.82) is 0 Å². The van der Waals surface area contributed by atoms with E-state index in [1.54, 1.807) is 6.92 Å². The van der Waals surface area contributed by atoms with Crippen molar-refractivity contribution in [3.63, 3.8) is 0 Å². The number of likely N-dealkylation sites (N-methyl/N-ethyl adjacent to an activating group) is 1. The second-order valence-corrected chi connectivity index (χ2v) is 9.34. The normalized spacial score (nSPS) is 45.5. The van der Waals surface area contributed by atoms with Gasteiger partial charge >= 0.3 is 5.97 Å². The van der Waals surface area contributed by atoms with Gasteiger partial charge in [0, 0.05) is 12.6 Å². The number of ether oxygens (including phenoxy) is 1. The van der Waals surface area contributed by atoms with E-state index in [2.05, 4.69) is 6.92 Å². The molecule has 26 heavy (non-hydrogen) atoms. The standard InChI is InChI=1S/C20H39NO5/c1-13-8-15(3)18(23)26-12-20(6,25)17(22)16(4)21(7)11-14(2)10-19(5,24)9-13/h13-17,22,24-25H,8-12H2,1-7H3/t13-,14+,15?,16+,17+,19?,20?/m0/s1. The molecule has 0 amide bonds. The summed E-state index contributed by atoms with van der Waals surface area (Å²) in [5.74, 6) is -0.306. The number of carbonyl (C=O) groups excluding carboxylic acids is 1. The lowest BCUT2D eigenvalue weighted by atomic mass is 9.82. The fourth-order valence-electron chi connectivity index (χ4n) is 4.30. The van der Waals surface area contributed by atoms with Gasteiger partial charge in [0.25, 0.3) is 0 Å². The van der Waals surface area contributed by atoms with Crippen molar-refractivity contribution in [1.82, 2.24) is 4.90 Å². The summed E-state index contributed by atoms with van der Waals surface area (Å²) < 4.78 is 5.29. The Morgan fingerprint density at radius 2 is 1.62 bits per heavy atom. The first kappa shape index (κ1) is 23.3. The Bertz CT molecular complexity index is 465. The molecule has 1 heterocycles. The molecule has 0 aliphatic carbocycles. The Balaban J connectivity index is 3.03. The van der Waals surface area contributed by atoms with E-state index in [0.29, 0.717) is 25.8 Å². The van der Waals surface area contributed by atoms with Crippen LogP contribution in [-0.2, 0) is 9.53 Å². The first-order valence-electron chi connectivity index (χ1n) is 9.75. The molecule has 3 unspecified atom stereocenters. The van der Waals surface area contributed by atoms with Crippen LogP contribution in [-0.4, -0.2) is 69.7 Å². The van der Waals surface area contributed by atoms with Gasteiger partial charge in [0.1, 0.15) is 18.3 Å². The molecule has 0 saturated carbocycles. The van der Waals surface area contributed by atoms with Gasteiger partial charge in [-0.05, 0) is 58.9 Å². The van der Waals surface area contributed by atoms with Gasteiger partial charge in [-0.3, -0.25) is 4.79 Å². The van der Waals surface area contributed by atoms with Crippen molar-refractivity contribution in [2.24, 2.45) is 17.8 Å². The Morgan fingerprint density at radius 3 is 2.19 bits per heavy atom. The minimum Gasteiger partial charge on any atom is -0.462 e. The Morgan fingerprint density at radius 1 is 1.08 bits per heavy atom. The first-order valence-corrected chi connectivity index (χ1v) is 9.75. The van der Waals surface area contributed by atoms with E-state index in [0.717, 1.165) is 0 Å². The maximum absolute atomic E-state index is 12.3. The summed E-state index contributed by atoms with van der Waals surface area (Å²) in [5, 5.41) is 32.0. The molecule has 0 aromatic heterocycles. The van der Waals surface area contributed by atoms with Crippen LogP contribution in [0.2, 0.25) is 0 Å². The van der Waals surface area contributed by atoms with Gasteiger partial charge in [-0.25, -0.2) is 0 Å². The summed E-state index contributed by atoms with van der Waals surface area (Å²) >= 11 is 0. The molecule has 1 saturated heterocycles. The monoisotopic (exact) mass is 373 g/mol. The average molecular weight is 374 g/mol. The second kappa shape index (κ2) is 9.00. The van der Waals surface area contributed by atoms with Crippen LogP contribution in [0.5, 0.6) is 0 Å². The first-order chi connectivity index (χ1) is 11.7. The molecule has 6 heteroatoms. The highest BCUT2D eigenvalue weighted by molar-refractivity contribution is 5.72. The van der Waals surface area contributed by atoms with Crippen molar-refractivity contribution >= 4 is 5.97 Å². The van der Waals surface area contributed by atoms with Crippen molar-refractivity contribution in [2.75, 3.05) is 20.2 Å². The third-order valence-corrected chi connectivity index (χ3v) is 5.63. The van der Waals surface area contributed by atoms with Crippen molar-refractivity contribution in [3.05, 3.63) is 0 Å². The van der Waals surface area contributed by atoms with Gasteiger partial charge in [0.05, 0.1) is 11.5 Å². The van der Waals surface area contributed by atoms with Crippen molar-refractivity contribution in [2.45, 2.75) is 84.2 Å². The summed E-state index contributed by atoms with van der Waals surface area (Å²) in [7, 11) is 1.89. The summed E-state index contributed by atoms with van der Waals surface area (Å²) in [6, 6.07) is -0.322. The molecule has 0 aromatic rings. The van der Waals surface area contributed by atoms with E-state index in [4.69, 9.17) is 4.74 Å². The molecule has 0 aromatic carbocycles. The third-order valence-electron chi connectivity index (χ3n) is 5.63. The van der Waals surface area contributed by atoms with Gasteiger partial charge in [-0.1, -0.05) is 20.8 Å². The molecule has 0 bridgehead atoms.